The van der Waals surface area contributed by atoms with Crippen molar-refractivity contribution in [3.63, 3.8) is 0 Å². The Morgan fingerprint density at radius 1 is 1.04 bits per heavy atom. The lowest BCUT2D eigenvalue weighted by atomic mass is 10.0. The van der Waals surface area contributed by atoms with Crippen molar-refractivity contribution < 1.29 is 18.7 Å². The molecule has 1 atom stereocenters. The lowest BCUT2D eigenvalue weighted by Gasteiger charge is -2.18. The van der Waals surface area contributed by atoms with Crippen molar-refractivity contribution in [2.75, 3.05) is 5.32 Å². The Hall–Kier alpha value is -2.69. The number of amides is 1. The normalized spacial score (nSPS) is 11.7. The van der Waals surface area contributed by atoms with E-state index in [0.29, 0.717) is 0 Å². The number of para-hydroxylation sites is 1. The molecule has 0 radical (unpaired) electrons. The van der Waals surface area contributed by atoms with Crippen LogP contribution in [-0.4, -0.2) is 18.0 Å². The van der Waals surface area contributed by atoms with E-state index in [4.69, 9.17) is 4.74 Å². The Kier molecular flexibility index (Phi) is 6.28. The minimum Gasteiger partial charge on any atom is -0.449 e. The zero-order valence-electron chi connectivity index (χ0n) is 14.6. The highest BCUT2D eigenvalue weighted by Gasteiger charge is 2.22. The summed E-state index contributed by atoms with van der Waals surface area (Å²) < 4.78 is 18.7. The molecule has 0 heterocycles. The largest absolute Gasteiger partial charge is 0.449 e. The molecule has 0 aromatic heterocycles. The quantitative estimate of drug-likeness (QED) is 0.802. The van der Waals surface area contributed by atoms with Crippen LogP contribution in [0.25, 0.3) is 0 Å². The fraction of sp³-hybridized carbons (Fsp3) is 0.300. The van der Waals surface area contributed by atoms with Crippen LogP contribution in [0.2, 0.25) is 0 Å². The van der Waals surface area contributed by atoms with Gasteiger partial charge in [0.1, 0.15) is 5.82 Å². The Morgan fingerprint density at radius 3 is 2.20 bits per heavy atom. The first-order valence-electron chi connectivity index (χ1n) is 8.35. The van der Waals surface area contributed by atoms with Crippen LogP contribution in [0.15, 0.2) is 42.5 Å². The average molecular weight is 343 g/mol. The molecule has 2 aromatic carbocycles. The van der Waals surface area contributed by atoms with E-state index in [1.807, 2.05) is 32.0 Å². The molecule has 0 unspecified atom stereocenters. The molecule has 5 heteroatoms. The monoisotopic (exact) mass is 343 g/mol. The van der Waals surface area contributed by atoms with Crippen molar-refractivity contribution in [2.45, 2.75) is 39.7 Å². The first kappa shape index (κ1) is 18.6. The van der Waals surface area contributed by atoms with Crippen molar-refractivity contribution in [1.29, 1.82) is 0 Å². The van der Waals surface area contributed by atoms with Crippen LogP contribution in [0.4, 0.5) is 10.1 Å². The third-order valence-corrected chi connectivity index (χ3v) is 3.99. The molecule has 0 bridgehead atoms. The zero-order chi connectivity index (χ0) is 18.4. The van der Waals surface area contributed by atoms with Crippen molar-refractivity contribution in [1.82, 2.24) is 0 Å². The molecule has 0 aliphatic rings. The summed E-state index contributed by atoms with van der Waals surface area (Å²) in [6.45, 7) is 5.48. The predicted molar refractivity (Wildman–Crippen MR) is 95.1 cm³/mol. The number of rotatable bonds is 6. The summed E-state index contributed by atoms with van der Waals surface area (Å²) in [6.07, 6.45) is 0.501. The van der Waals surface area contributed by atoms with Gasteiger partial charge in [-0.3, -0.25) is 4.79 Å². The summed E-state index contributed by atoms with van der Waals surface area (Å²) in [5.74, 6) is -1.98. The van der Waals surface area contributed by atoms with Gasteiger partial charge >= 0.3 is 5.97 Å². The average Bonchev–Trinajstić information content (AvgIpc) is 2.61. The van der Waals surface area contributed by atoms with E-state index in [1.165, 1.54) is 31.2 Å². The highest BCUT2D eigenvalue weighted by molar-refractivity contribution is 5.98. The number of aryl methyl sites for hydroxylation is 2. The molecular weight excluding hydrogens is 321 g/mol. The lowest BCUT2D eigenvalue weighted by Crippen LogP contribution is -2.31. The first-order chi connectivity index (χ1) is 12.0. The molecule has 0 fully saturated rings. The molecule has 1 N–H and O–H groups in total. The minimum atomic E-state index is -1.04. The Balaban J connectivity index is 2.11. The van der Waals surface area contributed by atoms with Gasteiger partial charge in [-0.05, 0) is 43.0 Å². The molecule has 0 saturated heterocycles. The Bertz CT molecular complexity index is 751. The number of benzene rings is 2. The van der Waals surface area contributed by atoms with Crippen LogP contribution in [0.5, 0.6) is 0 Å². The van der Waals surface area contributed by atoms with Crippen LogP contribution < -0.4 is 5.32 Å². The van der Waals surface area contributed by atoms with Gasteiger partial charge in [0.25, 0.3) is 5.91 Å². The summed E-state index contributed by atoms with van der Waals surface area (Å²) in [4.78, 5) is 24.5. The van der Waals surface area contributed by atoms with Gasteiger partial charge in [-0.1, -0.05) is 44.2 Å². The van der Waals surface area contributed by atoms with E-state index >= 15 is 0 Å². The van der Waals surface area contributed by atoms with Crippen molar-refractivity contribution >= 4 is 17.6 Å². The van der Waals surface area contributed by atoms with E-state index in [9.17, 15) is 14.0 Å². The predicted octanol–water partition coefficient (Wildman–Crippen LogP) is 4.13. The number of nitrogens with one attached hydrogen (secondary N) is 1. The molecule has 0 spiro atoms. The topological polar surface area (TPSA) is 55.4 Å². The number of hydrogen-bond acceptors (Lipinski definition) is 3. The summed E-state index contributed by atoms with van der Waals surface area (Å²) in [5.41, 5.74) is 2.59. The van der Waals surface area contributed by atoms with Gasteiger partial charge < -0.3 is 10.1 Å². The standard InChI is InChI=1S/C20H22FNO3/c1-4-14-9-8-10-15(5-2)18(14)22-19(23)13(3)25-20(24)16-11-6-7-12-17(16)21/h6-13H,4-5H2,1-3H3,(H,22,23)/t13-/m0/s1. The molecule has 25 heavy (non-hydrogen) atoms. The number of esters is 1. The third-order valence-electron chi connectivity index (χ3n) is 3.99. The maximum Gasteiger partial charge on any atom is 0.341 e. The molecule has 4 nitrogen and oxygen atoms in total. The first-order valence-corrected chi connectivity index (χ1v) is 8.35. The molecule has 1 amide bonds. The summed E-state index contributed by atoms with van der Waals surface area (Å²) >= 11 is 0. The highest BCUT2D eigenvalue weighted by Crippen LogP contribution is 2.23. The van der Waals surface area contributed by atoms with E-state index in [1.54, 1.807) is 0 Å². The van der Waals surface area contributed by atoms with E-state index in [0.717, 1.165) is 29.7 Å². The van der Waals surface area contributed by atoms with Crippen molar-refractivity contribution in [3.8, 4) is 0 Å². The van der Waals surface area contributed by atoms with Gasteiger partial charge in [-0.2, -0.15) is 0 Å². The minimum absolute atomic E-state index is 0.189. The van der Waals surface area contributed by atoms with E-state index < -0.39 is 23.8 Å². The van der Waals surface area contributed by atoms with Gasteiger partial charge in [-0.25, -0.2) is 9.18 Å². The third kappa shape index (κ3) is 4.44. The fourth-order valence-corrected chi connectivity index (χ4v) is 2.53. The maximum absolute atomic E-state index is 13.6. The molecule has 132 valence electrons. The van der Waals surface area contributed by atoms with E-state index in [2.05, 4.69) is 5.32 Å². The molecule has 0 aliphatic carbocycles. The second-order valence-electron chi connectivity index (χ2n) is 5.68. The number of carbonyl (C=O) groups is 2. The van der Waals surface area contributed by atoms with Gasteiger partial charge in [0.2, 0.25) is 0 Å². The number of hydrogen-bond donors (Lipinski definition) is 1. The van der Waals surface area contributed by atoms with Gasteiger partial charge in [0.05, 0.1) is 5.56 Å². The molecule has 0 saturated carbocycles. The van der Waals surface area contributed by atoms with Crippen LogP contribution in [0.1, 0.15) is 42.3 Å². The van der Waals surface area contributed by atoms with Crippen molar-refractivity contribution in [2.24, 2.45) is 0 Å². The van der Waals surface area contributed by atoms with Crippen LogP contribution in [-0.2, 0) is 22.4 Å². The molecule has 2 rings (SSSR count). The lowest BCUT2D eigenvalue weighted by molar-refractivity contribution is -0.123. The van der Waals surface area contributed by atoms with Crippen LogP contribution >= 0.6 is 0 Å². The van der Waals surface area contributed by atoms with Gasteiger partial charge in [0.15, 0.2) is 6.10 Å². The van der Waals surface area contributed by atoms with Crippen LogP contribution in [0, 0.1) is 5.82 Å². The zero-order valence-corrected chi connectivity index (χ0v) is 14.6. The smallest absolute Gasteiger partial charge is 0.341 e. The molecular formula is C20H22FNO3. The SMILES string of the molecule is CCc1cccc(CC)c1NC(=O)[C@H](C)OC(=O)c1ccccc1F. The van der Waals surface area contributed by atoms with Gasteiger partial charge in [-0.15, -0.1) is 0 Å². The number of anilines is 1. The van der Waals surface area contributed by atoms with Crippen molar-refractivity contribution in [3.05, 3.63) is 65.0 Å². The maximum atomic E-state index is 13.6. The van der Waals surface area contributed by atoms with E-state index in [-0.39, 0.29) is 5.56 Å². The summed E-state index contributed by atoms with van der Waals surface area (Å²) in [5, 5.41) is 2.84. The highest BCUT2D eigenvalue weighted by atomic mass is 19.1. The number of halogens is 1. The molecule has 2 aromatic rings. The second-order valence-corrected chi connectivity index (χ2v) is 5.68. The fourth-order valence-electron chi connectivity index (χ4n) is 2.53. The molecule has 0 aliphatic heterocycles. The Morgan fingerprint density at radius 2 is 1.64 bits per heavy atom. The summed E-state index contributed by atoms with van der Waals surface area (Å²) in [7, 11) is 0. The Labute approximate surface area is 147 Å². The number of ether oxygens (including phenoxy) is 1. The number of carbonyl (C=O) groups excluding carboxylic acids is 2. The van der Waals surface area contributed by atoms with Gasteiger partial charge in [0, 0.05) is 5.69 Å². The second kappa shape index (κ2) is 8.42. The van der Waals surface area contributed by atoms with Crippen LogP contribution in [0.3, 0.4) is 0 Å². The summed E-state index contributed by atoms with van der Waals surface area (Å²) in [6, 6.07) is 11.4.